The fraction of sp³-hybridized carbons (Fsp3) is 0.167. The highest BCUT2D eigenvalue weighted by molar-refractivity contribution is 7.92. The molecule has 0 atom stereocenters. The van der Waals surface area contributed by atoms with Gasteiger partial charge in [0.1, 0.15) is 5.82 Å². The number of hydrogen-bond acceptors (Lipinski definition) is 5. The van der Waals surface area contributed by atoms with Gasteiger partial charge in [-0.2, -0.15) is 8.42 Å². The van der Waals surface area contributed by atoms with Crippen LogP contribution < -0.4 is 4.72 Å². The average molecular weight is 308 g/mol. The van der Waals surface area contributed by atoms with E-state index < -0.39 is 10.0 Å². The maximum atomic E-state index is 12.1. The quantitative estimate of drug-likeness (QED) is 0.778. The second kappa shape index (κ2) is 4.57. The smallest absolute Gasteiger partial charge is 0.280 e. The fourth-order valence-electron chi connectivity index (χ4n) is 1.78. The first kappa shape index (κ1) is 13.1. The summed E-state index contributed by atoms with van der Waals surface area (Å²) in [7, 11) is -3.67. The van der Waals surface area contributed by atoms with Crippen LogP contribution in [0.5, 0.6) is 0 Å². The highest BCUT2D eigenvalue weighted by Gasteiger charge is 2.18. The van der Waals surface area contributed by atoms with Gasteiger partial charge in [-0.3, -0.25) is 4.72 Å². The molecule has 1 aromatic carbocycles. The first-order valence-corrected chi connectivity index (χ1v) is 8.16. The fourth-order valence-corrected chi connectivity index (χ4v) is 3.95. The van der Waals surface area contributed by atoms with Crippen molar-refractivity contribution in [2.75, 3.05) is 4.72 Å². The molecule has 0 aliphatic heterocycles. The molecule has 0 aliphatic carbocycles. The van der Waals surface area contributed by atoms with E-state index >= 15 is 0 Å². The van der Waals surface area contributed by atoms with Gasteiger partial charge in [0.05, 0.1) is 16.4 Å². The molecule has 0 aliphatic rings. The van der Waals surface area contributed by atoms with E-state index in [1.54, 1.807) is 6.92 Å². The predicted octanol–water partition coefficient (Wildman–Crippen LogP) is 2.44. The highest BCUT2D eigenvalue weighted by atomic mass is 32.2. The Hall–Kier alpha value is -1.93. The Balaban J connectivity index is 1.96. The molecule has 2 aromatic heterocycles. The van der Waals surface area contributed by atoms with E-state index in [0.29, 0.717) is 11.0 Å². The second-order valence-corrected chi connectivity index (χ2v) is 7.11. The molecular weight excluding hydrogens is 296 g/mol. The summed E-state index contributed by atoms with van der Waals surface area (Å²) in [5, 5.41) is 0.378. The van der Waals surface area contributed by atoms with Crippen LogP contribution in [0.15, 0.2) is 29.4 Å². The van der Waals surface area contributed by atoms with Crippen molar-refractivity contribution in [3.8, 4) is 0 Å². The van der Waals surface area contributed by atoms with Crippen LogP contribution >= 0.6 is 11.3 Å². The third kappa shape index (κ3) is 2.39. The molecule has 2 heterocycles. The van der Waals surface area contributed by atoms with Crippen molar-refractivity contribution < 1.29 is 8.42 Å². The maximum absolute atomic E-state index is 12.1. The highest BCUT2D eigenvalue weighted by Crippen LogP contribution is 2.28. The standard InChI is InChI=1S/C12H12N4O2S2/c1-7-3-4-9-10(5-7)19-12(15-9)16-20(17,18)11-6-13-8(2)14-11/h3-6H,1-2H3,(H,13,14)(H,15,16). The van der Waals surface area contributed by atoms with Crippen molar-refractivity contribution in [1.29, 1.82) is 0 Å². The van der Waals surface area contributed by atoms with Crippen LogP contribution in [0.25, 0.3) is 10.2 Å². The largest absolute Gasteiger partial charge is 0.332 e. The summed E-state index contributed by atoms with van der Waals surface area (Å²) in [6.45, 7) is 3.68. The number of aryl methyl sites for hydroxylation is 2. The summed E-state index contributed by atoms with van der Waals surface area (Å²) < 4.78 is 27.7. The Morgan fingerprint density at radius 1 is 1.30 bits per heavy atom. The molecule has 0 radical (unpaired) electrons. The van der Waals surface area contributed by atoms with E-state index in [1.807, 2.05) is 25.1 Å². The molecule has 3 aromatic rings. The number of anilines is 1. The van der Waals surface area contributed by atoms with Crippen molar-refractivity contribution in [3.05, 3.63) is 35.8 Å². The van der Waals surface area contributed by atoms with E-state index in [-0.39, 0.29) is 5.03 Å². The van der Waals surface area contributed by atoms with E-state index in [2.05, 4.69) is 19.7 Å². The zero-order valence-electron chi connectivity index (χ0n) is 10.8. The third-order valence-electron chi connectivity index (χ3n) is 2.73. The maximum Gasteiger partial charge on any atom is 0.280 e. The van der Waals surface area contributed by atoms with Gasteiger partial charge in [-0.1, -0.05) is 17.4 Å². The number of rotatable bonds is 3. The van der Waals surface area contributed by atoms with Crippen LogP contribution in [0.3, 0.4) is 0 Å². The number of sulfonamides is 1. The summed E-state index contributed by atoms with van der Waals surface area (Å²) in [6, 6.07) is 5.79. The molecule has 0 amide bonds. The molecule has 6 nitrogen and oxygen atoms in total. The lowest BCUT2D eigenvalue weighted by atomic mass is 10.2. The van der Waals surface area contributed by atoms with Crippen molar-refractivity contribution in [2.24, 2.45) is 0 Å². The SMILES string of the molecule is Cc1ccc2nc(NS(=O)(=O)c3cnc(C)[nH]3)sc2c1. The van der Waals surface area contributed by atoms with Crippen molar-refractivity contribution in [2.45, 2.75) is 18.9 Å². The average Bonchev–Trinajstić information content (AvgIpc) is 2.94. The van der Waals surface area contributed by atoms with Crippen LogP contribution in [0.2, 0.25) is 0 Å². The van der Waals surface area contributed by atoms with Crippen molar-refractivity contribution in [3.63, 3.8) is 0 Å². The topological polar surface area (TPSA) is 87.7 Å². The zero-order chi connectivity index (χ0) is 14.3. The van der Waals surface area contributed by atoms with Crippen LogP contribution in [-0.4, -0.2) is 23.4 Å². The number of nitrogens with zero attached hydrogens (tertiary/aromatic N) is 2. The second-order valence-electron chi connectivity index (χ2n) is 4.43. The Bertz CT molecular complexity index is 880. The number of hydrogen-bond donors (Lipinski definition) is 2. The lowest BCUT2D eigenvalue weighted by molar-refractivity contribution is 0.598. The molecule has 0 fully saturated rings. The molecule has 0 saturated heterocycles. The Kier molecular flexibility index (Phi) is 2.98. The van der Waals surface area contributed by atoms with Crippen LogP contribution in [0.1, 0.15) is 11.4 Å². The number of aromatic amines is 1. The van der Waals surface area contributed by atoms with Crippen molar-refractivity contribution >= 4 is 36.7 Å². The van der Waals surface area contributed by atoms with E-state index in [9.17, 15) is 8.42 Å². The van der Waals surface area contributed by atoms with Gasteiger partial charge in [0.15, 0.2) is 10.2 Å². The first-order valence-electron chi connectivity index (χ1n) is 5.86. The van der Waals surface area contributed by atoms with E-state index in [0.717, 1.165) is 15.8 Å². The normalized spacial score (nSPS) is 11.9. The molecule has 104 valence electrons. The molecule has 0 bridgehead atoms. The Morgan fingerprint density at radius 2 is 2.10 bits per heavy atom. The van der Waals surface area contributed by atoms with Gasteiger partial charge >= 0.3 is 0 Å². The number of imidazole rings is 1. The van der Waals surface area contributed by atoms with Gasteiger partial charge in [0.2, 0.25) is 0 Å². The summed E-state index contributed by atoms with van der Waals surface area (Å²) in [6.07, 6.45) is 1.29. The summed E-state index contributed by atoms with van der Waals surface area (Å²) in [5.41, 5.74) is 1.89. The molecule has 2 N–H and O–H groups in total. The lowest BCUT2D eigenvalue weighted by Crippen LogP contribution is -2.13. The Morgan fingerprint density at radius 3 is 2.80 bits per heavy atom. The minimum atomic E-state index is -3.67. The van der Waals surface area contributed by atoms with Crippen LogP contribution in [0.4, 0.5) is 5.13 Å². The summed E-state index contributed by atoms with van der Waals surface area (Å²) >= 11 is 1.30. The molecule has 20 heavy (non-hydrogen) atoms. The number of fused-ring (bicyclic) bond motifs is 1. The minimum absolute atomic E-state index is 0.0328. The van der Waals surface area contributed by atoms with Gasteiger partial charge in [-0.25, -0.2) is 9.97 Å². The lowest BCUT2D eigenvalue weighted by Gasteiger charge is -2.01. The van der Waals surface area contributed by atoms with Gasteiger partial charge in [-0.15, -0.1) is 0 Å². The molecule has 0 unspecified atom stereocenters. The number of aromatic nitrogens is 3. The van der Waals surface area contributed by atoms with E-state index in [1.165, 1.54) is 17.5 Å². The van der Waals surface area contributed by atoms with Gasteiger partial charge in [0.25, 0.3) is 10.0 Å². The van der Waals surface area contributed by atoms with Crippen LogP contribution in [-0.2, 0) is 10.0 Å². The zero-order valence-corrected chi connectivity index (χ0v) is 12.5. The number of H-pyrrole nitrogens is 1. The van der Waals surface area contributed by atoms with Gasteiger partial charge in [-0.05, 0) is 31.5 Å². The molecule has 3 rings (SSSR count). The summed E-state index contributed by atoms with van der Waals surface area (Å²) in [5.74, 6) is 0.547. The number of nitrogens with one attached hydrogen (secondary N) is 2. The molecular formula is C12H12N4O2S2. The number of thiazole rings is 1. The summed E-state index contributed by atoms with van der Waals surface area (Å²) in [4.78, 5) is 10.8. The number of benzene rings is 1. The minimum Gasteiger partial charge on any atom is -0.332 e. The van der Waals surface area contributed by atoms with Gasteiger partial charge < -0.3 is 4.98 Å². The predicted molar refractivity (Wildman–Crippen MR) is 78.5 cm³/mol. The van der Waals surface area contributed by atoms with Gasteiger partial charge in [0, 0.05) is 0 Å². The van der Waals surface area contributed by atoms with Crippen LogP contribution in [0, 0.1) is 13.8 Å². The molecule has 8 heteroatoms. The third-order valence-corrected chi connectivity index (χ3v) is 5.05. The first-order chi connectivity index (χ1) is 9.44. The molecule has 0 saturated carbocycles. The van der Waals surface area contributed by atoms with E-state index in [4.69, 9.17) is 0 Å². The Labute approximate surface area is 119 Å². The monoisotopic (exact) mass is 308 g/mol. The molecule has 0 spiro atoms. The van der Waals surface area contributed by atoms with Crippen molar-refractivity contribution in [1.82, 2.24) is 15.0 Å².